The van der Waals surface area contributed by atoms with Crippen molar-refractivity contribution in [2.75, 3.05) is 5.32 Å². The van der Waals surface area contributed by atoms with Crippen molar-refractivity contribution in [3.8, 4) is 11.8 Å². The number of amides is 2. The fourth-order valence-corrected chi connectivity index (χ4v) is 2.34. The third-order valence-corrected chi connectivity index (χ3v) is 3.78. The Hall–Kier alpha value is -3.85. The van der Waals surface area contributed by atoms with Gasteiger partial charge in [-0.25, -0.2) is 4.79 Å². The maximum atomic E-state index is 11.9. The highest BCUT2D eigenvalue weighted by Gasteiger charge is 2.03. The molecule has 0 radical (unpaired) electrons. The van der Waals surface area contributed by atoms with Crippen LogP contribution in [0.3, 0.4) is 0 Å². The lowest BCUT2D eigenvalue weighted by molar-refractivity contribution is 0.251. The normalized spacial score (nSPS) is 9.89. The third-order valence-electron chi connectivity index (χ3n) is 3.78. The number of benzene rings is 2. The summed E-state index contributed by atoms with van der Waals surface area (Å²) in [5.41, 5.74) is 3.14. The molecule has 0 spiro atoms. The zero-order chi connectivity index (χ0) is 18.9. The van der Waals surface area contributed by atoms with Crippen molar-refractivity contribution in [3.63, 3.8) is 0 Å². The lowest BCUT2D eigenvalue weighted by atomic mass is 10.2. The van der Waals surface area contributed by atoms with Crippen LogP contribution in [0.25, 0.3) is 0 Å². The largest absolute Gasteiger partial charge is 0.489 e. The minimum atomic E-state index is -0.309. The number of carbonyl (C=O) groups excluding carboxylic acids is 1. The fraction of sp³-hybridized carbons (Fsp3) is 0.0952. The SMILES string of the molecule is N#Cc1ccc(NC(=O)NCc2ccc(OCc3cccnc3)cc2)cc1. The number of nitriles is 1. The van der Waals surface area contributed by atoms with E-state index in [0.717, 1.165) is 16.9 Å². The first-order valence-corrected chi connectivity index (χ1v) is 8.38. The molecule has 134 valence electrons. The quantitative estimate of drug-likeness (QED) is 0.700. The van der Waals surface area contributed by atoms with Crippen LogP contribution in [0, 0.1) is 11.3 Å². The van der Waals surface area contributed by atoms with Gasteiger partial charge in [0.25, 0.3) is 0 Å². The van der Waals surface area contributed by atoms with Gasteiger partial charge in [0.05, 0.1) is 11.6 Å². The minimum absolute atomic E-state index is 0.309. The molecule has 0 saturated heterocycles. The van der Waals surface area contributed by atoms with Gasteiger partial charge in [-0.3, -0.25) is 4.98 Å². The summed E-state index contributed by atoms with van der Waals surface area (Å²) >= 11 is 0. The first-order valence-electron chi connectivity index (χ1n) is 8.38. The van der Waals surface area contributed by atoms with Gasteiger partial charge in [0.1, 0.15) is 12.4 Å². The number of nitrogens with zero attached hydrogens (tertiary/aromatic N) is 2. The van der Waals surface area contributed by atoms with Crippen LogP contribution in [-0.4, -0.2) is 11.0 Å². The van der Waals surface area contributed by atoms with E-state index in [1.165, 1.54) is 0 Å². The summed E-state index contributed by atoms with van der Waals surface area (Å²) in [6, 6.07) is 19.8. The smallest absolute Gasteiger partial charge is 0.319 e. The van der Waals surface area contributed by atoms with Gasteiger partial charge < -0.3 is 15.4 Å². The molecule has 0 unspecified atom stereocenters. The van der Waals surface area contributed by atoms with Gasteiger partial charge in [-0.15, -0.1) is 0 Å². The molecule has 0 bridgehead atoms. The van der Waals surface area contributed by atoms with Crippen molar-refractivity contribution in [1.29, 1.82) is 5.26 Å². The van der Waals surface area contributed by atoms with Crippen LogP contribution in [-0.2, 0) is 13.2 Å². The minimum Gasteiger partial charge on any atom is -0.489 e. The Morgan fingerprint density at radius 2 is 1.81 bits per heavy atom. The lowest BCUT2D eigenvalue weighted by Gasteiger charge is -2.09. The molecule has 0 atom stereocenters. The molecule has 3 rings (SSSR count). The molecule has 0 aliphatic heterocycles. The highest BCUT2D eigenvalue weighted by atomic mass is 16.5. The third kappa shape index (κ3) is 5.58. The van der Waals surface area contributed by atoms with Crippen LogP contribution in [0.5, 0.6) is 5.75 Å². The second-order valence-corrected chi connectivity index (χ2v) is 5.79. The van der Waals surface area contributed by atoms with E-state index >= 15 is 0 Å². The highest BCUT2D eigenvalue weighted by Crippen LogP contribution is 2.14. The lowest BCUT2D eigenvalue weighted by Crippen LogP contribution is -2.28. The van der Waals surface area contributed by atoms with Crippen LogP contribution in [0.4, 0.5) is 10.5 Å². The summed E-state index contributed by atoms with van der Waals surface area (Å²) in [5.74, 6) is 0.754. The first kappa shape index (κ1) is 18.0. The standard InChI is InChI=1S/C21H18N4O2/c22-12-16-3-7-19(8-4-16)25-21(26)24-14-17-5-9-20(10-6-17)27-15-18-2-1-11-23-13-18/h1-11,13H,14-15H2,(H2,24,25,26). The Kier molecular flexibility index (Phi) is 6.00. The molecule has 2 aromatic carbocycles. The molecule has 0 saturated carbocycles. The van der Waals surface area contributed by atoms with E-state index in [0.29, 0.717) is 24.4 Å². The second kappa shape index (κ2) is 9.02. The number of hydrogen-bond acceptors (Lipinski definition) is 4. The van der Waals surface area contributed by atoms with E-state index in [1.54, 1.807) is 36.7 Å². The van der Waals surface area contributed by atoms with E-state index in [1.807, 2.05) is 42.5 Å². The van der Waals surface area contributed by atoms with Crippen LogP contribution in [0.2, 0.25) is 0 Å². The van der Waals surface area contributed by atoms with Gasteiger partial charge in [-0.1, -0.05) is 18.2 Å². The summed E-state index contributed by atoms with van der Waals surface area (Å²) in [5, 5.41) is 14.3. The average molecular weight is 358 g/mol. The highest BCUT2D eigenvalue weighted by molar-refractivity contribution is 5.89. The van der Waals surface area contributed by atoms with Crippen molar-refractivity contribution >= 4 is 11.7 Å². The Labute approximate surface area is 157 Å². The van der Waals surface area contributed by atoms with Crippen molar-refractivity contribution in [3.05, 3.63) is 89.7 Å². The summed E-state index contributed by atoms with van der Waals surface area (Å²) in [6.07, 6.45) is 3.49. The number of urea groups is 1. The zero-order valence-electron chi connectivity index (χ0n) is 14.6. The number of aromatic nitrogens is 1. The number of anilines is 1. The van der Waals surface area contributed by atoms with Gasteiger partial charge in [0.2, 0.25) is 0 Å². The number of pyridine rings is 1. The summed E-state index contributed by atoms with van der Waals surface area (Å²) < 4.78 is 5.71. The monoisotopic (exact) mass is 358 g/mol. The van der Waals surface area contributed by atoms with Crippen LogP contribution >= 0.6 is 0 Å². The Bertz CT molecular complexity index is 917. The summed E-state index contributed by atoms with van der Waals surface area (Å²) in [6.45, 7) is 0.851. The maximum Gasteiger partial charge on any atom is 0.319 e. The first-order chi connectivity index (χ1) is 13.2. The molecule has 0 aliphatic rings. The maximum absolute atomic E-state index is 11.9. The molecule has 6 nitrogen and oxygen atoms in total. The van der Waals surface area contributed by atoms with Crippen molar-refractivity contribution in [1.82, 2.24) is 10.3 Å². The summed E-state index contributed by atoms with van der Waals surface area (Å²) in [7, 11) is 0. The van der Waals surface area contributed by atoms with Crippen LogP contribution in [0.15, 0.2) is 73.1 Å². The molecule has 1 heterocycles. The number of nitrogens with one attached hydrogen (secondary N) is 2. The number of rotatable bonds is 6. The van der Waals surface area contributed by atoms with E-state index in [9.17, 15) is 4.79 Å². The van der Waals surface area contributed by atoms with E-state index < -0.39 is 0 Å². The van der Waals surface area contributed by atoms with E-state index in [-0.39, 0.29) is 6.03 Å². The molecule has 6 heteroatoms. The number of carbonyl (C=O) groups is 1. The van der Waals surface area contributed by atoms with Gasteiger partial charge >= 0.3 is 6.03 Å². The Balaban J connectivity index is 1.45. The fourth-order valence-electron chi connectivity index (χ4n) is 2.34. The van der Waals surface area contributed by atoms with Gasteiger partial charge in [-0.2, -0.15) is 5.26 Å². The van der Waals surface area contributed by atoms with Gasteiger partial charge in [0, 0.05) is 30.2 Å². The molecule has 27 heavy (non-hydrogen) atoms. The van der Waals surface area contributed by atoms with E-state index in [2.05, 4.69) is 15.6 Å². The molecule has 0 aliphatic carbocycles. The van der Waals surface area contributed by atoms with Crippen molar-refractivity contribution < 1.29 is 9.53 Å². The molecule has 0 fully saturated rings. The Morgan fingerprint density at radius 1 is 1.04 bits per heavy atom. The molecule has 3 aromatic rings. The summed E-state index contributed by atoms with van der Waals surface area (Å²) in [4.78, 5) is 16.0. The van der Waals surface area contributed by atoms with Crippen LogP contribution < -0.4 is 15.4 Å². The van der Waals surface area contributed by atoms with Crippen molar-refractivity contribution in [2.24, 2.45) is 0 Å². The number of ether oxygens (including phenoxy) is 1. The van der Waals surface area contributed by atoms with Crippen molar-refractivity contribution in [2.45, 2.75) is 13.2 Å². The van der Waals surface area contributed by atoms with Gasteiger partial charge in [-0.05, 0) is 48.0 Å². The second-order valence-electron chi connectivity index (χ2n) is 5.79. The molecule has 2 N–H and O–H groups in total. The van der Waals surface area contributed by atoms with Crippen LogP contribution in [0.1, 0.15) is 16.7 Å². The predicted molar refractivity (Wildman–Crippen MR) is 102 cm³/mol. The Morgan fingerprint density at radius 3 is 2.48 bits per heavy atom. The van der Waals surface area contributed by atoms with E-state index in [4.69, 9.17) is 10.00 Å². The molecule has 1 aromatic heterocycles. The molecular weight excluding hydrogens is 340 g/mol. The number of hydrogen-bond donors (Lipinski definition) is 2. The van der Waals surface area contributed by atoms with Gasteiger partial charge in [0.15, 0.2) is 0 Å². The molecule has 2 amide bonds. The zero-order valence-corrected chi connectivity index (χ0v) is 14.6. The average Bonchev–Trinajstić information content (AvgIpc) is 2.73. The topological polar surface area (TPSA) is 87.0 Å². The molecular formula is C21H18N4O2. The predicted octanol–water partition coefficient (Wildman–Crippen LogP) is 3.85.